The molecule has 0 aromatic rings. The zero-order chi connectivity index (χ0) is 9.84. The van der Waals surface area contributed by atoms with Crippen molar-refractivity contribution in [3.63, 3.8) is 0 Å². The van der Waals surface area contributed by atoms with Crippen molar-refractivity contribution in [2.24, 2.45) is 0 Å². The second-order valence-corrected chi connectivity index (χ2v) is 3.42. The van der Waals surface area contributed by atoms with E-state index in [0.29, 0.717) is 13.1 Å². The first-order chi connectivity index (χ1) is 6.13. The molecule has 1 fully saturated rings. The maximum atomic E-state index is 11.0. The zero-order valence-corrected chi connectivity index (χ0v) is 9.41. The van der Waals surface area contributed by atoms with Gasteiger partial charge in [-0.3, -0.25) is 4.79 Å². The number of likely N-dealkylation sites (tertiary alicyclic amines) is 1. The molecule has 2 amide bonds. The molecule has 0 saturated carbocycles. The van der Waals surface area contributed by atoms with E-state index in [0.717, 1.165) is 6.42 Å². The highest BCUT2D eigenvalue weighted by Gasteiger charge is 2.27. The minimum Gasteiger partial charge on any atom is -0.378 e. The third kappa shape index (κ3) is 3.02. The monoisotopic (exact) mass is 298 g/mol. The van der Waals surface area contributed by atoms with E-state index >= 15 is 0 Å². The van der Waals surface area contributed by atoms with Crippen molar-refractivity contribution in [1.82, 2.24) is 10.2 Å². The lowest BCUT2D eigenvalue weighted by Gasteiger charge is -2.13. The highest BCUT2D eigenvalue weighted by atomic mass is 127. The quantitative estimate of drug-likeness (QED) is 0.724. The Bertz CT molecular complexity index is 222. The maximum Gasteiger partial charge on any atom is 0.419 e. The molecular formula is C7H11IN2O3. The van der Waals surface area contributed by atoms with Crippen molar-refractivity contribution in [3.05, 3.63) is 0 Å². The van der Waals surface area contributed by atoms with Crippen molar-refractivity contribution >= 4 is 35.0 Å². The van der Waals surface area contributed by atoms with Gasteiger partial charge in [0, 0.05) is 26.1 Å². The minimum atomic E-state index is -0.339. The van der Waals surface area contributed by atoms with Gasteiger partial charge in [-0.25, -0.2) is 4.79 Å². The Kier molecular flexibility index (Phi) is 3.76. The molecule has 5 nitrogen and oxygen atoms in total. The molecule has 1 saturated heterocycles. The zero-order valence-electron chi connectivity index (χ0n) is 7.25. The molecule has 0 unspecified atom stereocenters. The molecule has 1 heterocycles. The molecule has 0 aliphatic carbocycles. The van der Waals surface area contributed by atoms with Gasteiger partial charge in [-0.1, -0.05) is 0 Å². The van der Waals surface area contributed by atoms with Gasteiger partial charge in [0.2, 0.25) is 5.91 Å². The van der Waals surface area contributed by atoms with Gasteiger partial charge >= 0.3 is 6.09 Å². The van der Waals surface area contributed by atoms with Gasteiger partial charge < -0.3 is 13.3 Å². The Morgan fingerprint density at radius 2 is 2.31 bits per heavy atom. The first-order valence-electron chi connectivity index (χ1n) is 3.98. The summed E-state index contributed by atoms with van der Waals surface area (Å²) in [5.74, 6) is -0.0605. The van der Waals surface area contributed by atoms with E-state index in [9.17, 15) is 9.59 Å². The SMILES string of the molecule is CC(=O)N[C@@H]1CCN(C(=O)OI)C1. The molecule has 1 rings (SSSR count). The topological polar surface area (TPSA) is 58.6 Å². The Labute approximate surface area is 90.5 Å². The Balaban J connectivity index is 2.36. The average molecular weight is 298 g/mol. The standard InChI is InChI=1S/C7H11IN2O3/c1-5(11)9-6-2-3-10(4-6)7(12)13-8/h6H,2-4H2,1H3,(H,9,11)/t6-/m1/s1. The molecule has 1 aliphatic heterocycles. The number of hydrogen-bond donors (Lipinski definition) is 1. The molecule has 0 bridgehead atoms. The largest absolute Gasteiger partial charge is 0.419 e. The summed E-state index contributed by atoms with van der Waals surface area (Å²) in [6.45, 7) is 2.66. The van der Waals surface area contributed by atoms with E-state index in [4.69, 9.17) is 0 Å². The molecule has 0 aromatic carbocycles. The molecule has 74 valence electrons. The third-order valence-electron chi connectivity index (χ3n) is 1.92. The summed E-state index contributed by atoms with van der Waals surface area (Å²) < 4.78 is 4.53. The molecule has 0 aromatic heterocycles. The van der Waals surface area contributed by atoms with Gasteiger partial charge in [-0.15, -0.1) is 0 Å². The maximum absolute atomic E-state index is 11.0. The van der Waals surface area contributed by atoms with Crippen molar-refractivity contribution in [3.8, 4) is 0 Å². The molecule has 1 N–H and O–H groups in total. The molecule has 6 heteroatoms. The Hall–Kier alpha value is -0.530. The first-order valence-corrected chi connectivity index (χ1v) is 4.86. The van der Waals surface area contributed by atoms with Gasteiger partial charge in [0.15, 0.2) is 23.0 Å². The van der Waals surface area contributed by atoms with Crippen LogP contribution in [0.3, 0.4) is 0 Å². The second kappa shape index (κ2) is 4.64. The summed E-state index contributed by atoms with van der Waals surface area (Å²) in [5.41, 5.74) is 0. The fraction of sp³-hybridized carbons (Fsp3) is 0.714. The number of amides is 2. The van der Waals surface area contributed by atoms with Crippen molar-refractivity contribution in [2.45, 2.75) is 19.4 Å². The van der Waals surface area contributed by atoms with Gasteiger partial charge in [-0.05, 0) is 6.42 Å². The van der Waals surface area contributed by atoms with Crippen LogP contribution >= 0.6 is 23.0 Å². The average Bonchev–Trinajstić information content (AvgIpc) is 2.50. The van der Waals surface area contributed by atoms with Crippen LogP contribution in [-0.4, -0.2) is 36.0 Å². The van der Waals surface area contributed by atoms with Crippen molar-refractivity contribution in [1.29, 1.82) is 0 Å². The Morgan fingerprint density at radius 1 is 1.62 bits per heavy atom. The third-order valence-corrected chi connectivity index (χ3v) is 2.30. The lowest BCUT2D eigenvalue weighted by atomic mass is 10.3. The lowest BCUT2D eigenvalue weighted by molar-refractivity contribution is -0.119. The van der Waals surface area contributed by atoms with Gasteiger partial charge in [0.1, 0.15) is 0 Å². The van der Waals surface area contributed by atoms with E-state index in [1.54, 1.807) is 27.9 Å². The second-order valence-electron chi connectivity index (χ2n) is 2.98. The van der Waals surface area contributed by atoms with Crippen molar-refractivity contribution < 1.29 is 12.7 Å². The lowest BCUT2D eigenvalue weighted by Crippen LogP contribution is -2.36. The predicted molar refractivity (Wildman–Crippen MR) is 54.3 cm³/mol. The van der Waals surface area contributed by atoms with E-state index in [1.165, 1.54) is 6.92 Å². The summed E-state index contributed by atoms with van der Waals surface area (Å²) in [6, 6.07) is 0.0769. The Morgan fingerprint density at radius 3 is 2.85 bits per heavy atom. The fourth-order valence-electron chi connectivity index (χ4n) is 1.38. The fourth-order valence-corrected chi connectivity index (χ4v) is 1.66. The van der Waals surface area contributed by atoms with Gasteiger partial charge in [0.25, 0.3) is 0 Å². The number of carbonyl (C=O) groups is 2. The summed E-state index contributed by atoms with van der Waals surface area (Å²) in [6.07, 6.45) is 0.458. The molecule has 0 spiro atoms. The highest BCUT2D eigenvalue weighted by molar-refractivity contribution is 14.1. The number of nitrogens with one attached hydrogen (secondary N) is 1. The summed E-state index contributed by atoms with van der Waals surface area (Å²) in [4.78, 5) is 23.3. The first kappa shape index (κ1) is 10.6. The van der Waals surface area contributed by atoms with Crippen LogP contribution in [0.15, 0.2) is 0 Å². The van der Waals surface area contributed by atoms with Gasteiger partial charge in [0.05, 0.1) is 0 Å². The van der Waals surface area contributed by atoms with Crippen LogP contribution in [0, 0.1) is 0 Å². The molecule has 0 radical (unpaired) electrons. The van der Waals surface area contributed by atoms with Crippen molar-refractivity contribution in [2.75, 3.05) is 13.1 Å². The highest BCUT2D eigenvalue weighted by Crippen LogP contribution is 2.11. The summed E-state index contributed by atoms with van der Waals surface area (Å²) in [5, 5.41) is 2.76. The number of halogens is 1. The van der Waals surface area contributed by atoms with E-state index < -0.39 is 0 Å². The van der Waals surface area contributed by atoms with Crippen LogP contribution in [0.25, 0.3) is 0 Å². The number of hydrogen-bond acceptors (Lipinski definition) is 3. The minimum absolute atomic E-state index is 0.0605. The van der Waals surface area contributed by atoms with Crippen LogP contribution in [0.4, 0.5) is 4.79 Å². The number of nitrogens with zero attached hydrogens (tertiary/aromatic N) is 1. The molecule has 13 heavy (non-hydrogen) atoms. The molecule has 1 atom stereocenters. The van der Waals surface area contributed by atoms with Gasteiger partial charge in [-0.2, -0.15) is 0 Å². The smallest absolute Gasteiger partial charge is 0.378 e. The number of rotatable bonds is 1. The van der Waals surface area contributed by atoms with E-state index in [1.807, 2.05) is 0 Å². The summed E-state index contributed by atoms with van der Waals surface area (Å²) >= 11 is 1.56. The van der Waals surface area contributed by atoms with Crippen LogP contribution in [-0.2, 0) is 7.86 Å². The van der Waals surface area contributed by atoms with Crippen LogP contribution < -0.4 is 5.32 Å². The predicted octanol–water partition coefficient (Wildman–Crippen LogP) is 0.683. The van der Waals surface area contributed by atoms with Crippen LogP contribution in [0.5, 0.6) is 0 Å². The number of carbonyl (C=O) groups excluding carboxylic acids is 2. The molecule has 1 aliphatic rings. The van der Waals surface area contributed by atoms with E-state index in [2.05, 4.69) is 8.38 Å². The molecular weight excluding hydrogens is 287 g/mol. The summed E-state index contributed by atoms with van der Waals surface area (Å²) in [7, 11) is 0. The normalized spacial score (nSPS) is 21.4. The van der Waals surface area contributed by atoms with E-state index in [-0.39, 0.29) is 18.0 Å². The van der Waals surface area contributed by atoms with Crippen LogP contribution in [0.1, 0.15) is 13.3 Å². The van der Waals surface area contributed by atoms with Crippen LogP contribution in [0.2, 0.25) is 0 Å².